The van der Waals surface area contributed by atoms with Crippen LogP contribution in [-0.2, 0) is 19.4 Å². The van der Waals surface area contributed by atoms with Crippen molar-refractivity contribution in [2.45, 2.75) is 35.2 Å². The lowest BCUT2D eigenvalue weighted by molar-refractivity contribution is 0.884. The van der Waals surface area contributed by atoms with Gasteiger partial charge in [0.15, 0.2) is 4.34 Å². The molecule has 0 aliphatic heterocycles. The Morgan fingerprint density at radius 3 is 2.95 bits per heavy atom. The predicted molar refractivity (Wildman–Crippen MR) is 87.9 cm³/mol. The van der Waals surface area contributed by atoms with E-state index in [0.717, 1.165) is 33.3 Å². The van der Waals surface area contributed by atoms with Crippen LogP contribution in [0.3, 0.4) is 0 Å². The van der Waals surface area contributed by atoms with Crippen LogP contribution in [0.1, 0.15) is 23.2 Å². The van der Waals surface area contributed by atoms with Gasteiger partial charge in [0.25, 0.3) is 0 Å². The normalized spacial score (nSPS) is 13.8. The first-order valence-corrected chi connectivity index (χ1v) is 8.72. The third-order valence-corrected chi connectivity index (χ3v) is 5.91. The largest absolute Gasteiger partial charge is 0.326 e. The molecule has 3 aromatic rings. The van der Waals surface area contributed by atoms with E-state index in [9.17, 15) is 0 Å². The molecule has 0 bridgehead atoms. The number of nitrogens with two attached hydrogens (primary N) is 1. The fourth-order valence-electron chi connectivity index (χ4n) is 2.71. The summed E-state index contributed by atoms with van der Waals surface area (Å²) in [6.07, 6.45) is 3.44. The maximum absolute atomic E-state index is 5.90. The minimum atomic E-state index is 0.535. The van der Waals surface area contributed by atoms with Gasteiger partial charge < -0.3 is 5.73 Å². The number of rotatable bonds is 3. The first-order chi connectivity index (χ1) is 10.3. The first kappa shape index (κ1) is 13.2. The Kier molecular flexibility index (Phi) is 3.41. The molecule has 1 aliphatic rings. The zero-order valence-corrected chi connectivity index (χ0v) is 13.1. The zero-order valence-electron chi connectivity index (χ0n) is 11.5. The van der Waals surface area contributed by atoms with Crippen LogP contribution >= 0.6 is 23.1 Å². The molecule has 3 nitrogen and oxygen atoms in total. The lowest BCUT2D eigenvalue weighted by atomic mass is 10.1. The van der Waals surface area contributed by atoms with E-state index in [1.807, 2.05) is 12.1 Å². The summed E-state index contributed by atoms with van der Waals surface area (Å²) in [6, 6.07) is 10.5. The molecule has 0 saturated carbocycles. The van der Waals surface area contributed by atoms with Gasteiger partial charge in [0, 0.05) is 12.2 Å². The number of aromatic nitrogens is 2. The van der Waals surface area contributed by atoms with Crippen LogP contribution in [0.4, 0.5) is 0 Å². The summed E-state index contributed by atoms with van der Waals surface area (Å²) in [5, 5.41) is 1.03. The molecule has 21 heavy (non-hydrogen) atoms. The summed E-state index contributed by atoms with van der Waals surface area (Å²) in [6.45, 7) is 0.535. The molecule has 0 fully saturated rings. The van der Waals surface area contributed by atoms with E-state index in [2.05, 4.69) is 23.2 Å². The van der Waals surface area contributed by atoms with Crippen molar-refractivity contribution >= 4 is 33.3 Å². The van der Waals surface area contributed by atoms with Gasteiger partial charge >= 0.3 is 0 Å². The maximum Gasteiger partial charge on any atom is 0.157 e. The van der Waals surface area contributed by atoms with Gasteiger partial charge in [0.2, 0.25) is 0 Å². The van der Waals surface area contributed by atoms with Crippen molar-refractivity contribution in [3.63, 3.8) is 0 Å². The molecule has 5 heteroatoms. The van der Waals surface area contributed by atoms with Crippen LogP contribution in [-0.4, -0.2) is 9.97 Å². The van der Waals surface area contributed by atoms with Gasteiger partial charge in [-0.3, -0.25) is 0 Å². The summed E-state index contributed by atoms with van der Waals surface area (Å²) in [5.74, 6) is 0. The van der Waals surface area contributed by atoms with Crippen molar-refractivity contribution < 1.29 is 0 Å². The van der Waals surface area contributed by atoms with E-state index in [1.54, 1.807) is 23.1 Å². The molecule has 0 atom stereocenters. The minimum absolute atomic E-state index is 0.535. The van der Waals surface area contributed by atoms with E-state index >= 15 is 0 Å². The monoisotopic (exact) mass is 313 g/mol. The third-order valence-electron chi connectivity index (χ3n) is 3.77. The number of pyridine rings is 1. The highest BCUT2D eigenvalue weighted by Gasteiger charge is 2.17. The number of nitrogens with zero attached hydrogens (tertiary/aromatic N) is 2. The Morgan fingerprint density at radius 2 is 2.10 bits per heavy atom. The molecule has 0 spiro atoms. The smallest absolute Gasteiger partial charge is 0.157 e. The molecule has 0 radical (unpaired) electrons. The standard InChI is InChI=1S/C16H15N3S2/c17-9-11-8-10-4-3-6-12(10)18-15(11)21-16-19-13-5-1-2-7-14(13)20-16/h1-2,5,7-8H,3-4,6,9,17H2. The number of hydrogen-bond acceptors (Lipinski definition) is 5. The van der Waals surface area contributed by atoms with Crippen molar-refractivity contribution in [2.24, 2.45) is 5.73 Å². The lowest BCUT2D eigenvalue weighted by Crippen LogP contribution is -2.03. The van der Waals surface area contributed by atoms with E-state index in [0.29, 0.717) is 6.54 Å². The summed E-state index contributed by atoms with van der Waals surface area (Å²) >= 11 is 3.36. The van der Waals surface area contributed by atoms with Crippen molar-refractivity contribution in [1.29, 1.82) is 0 Å². The molecule has 2 aromatic heterocycles. The van der Waals surface area contributed by atoms with Crippen LogP contribution in [0.2, 0.25) is 0 Å². The zero-order chi connectivity index (χ0) is 14.2. The summed E-state index contributed by atoms with van der Waals surface area (Å²) in [7, 11) is 0. The molecule has 2 N–H and O–H groups in total. The highest BCUT2D eigenvalue weighted by atomic mass is 32.2. The first-order valence-electron chi connectivity index (χ1n) is 7.08. The fraction of sp³-hybridized carbons (Fsp3) is 0.250. The van der Waals surface area contributed by atoms with Gasteiger partial charge in [-0.15, -0.1) is 11.3 Å². The predicted octanol–water partition coefficient (Wildman–Crippen LogP) is 3.79. The second kappa shape index (κ2) is 5.40. The van der Waals surface area contributed by atoms with E-state index in [4.69, 9.17) is 10.7 Å². The molecular weight excluding hydrogens is 298 g/mol. The van der Waals surface area contributed by atoms with Crippen LogP contribution in [0, 0.1) is 0 Å². The van der Waals surface area contributed by atoms with E-state index in [-0.39, 0.29) is 0 Å². The Hall–Kier alpha value is -1.43. The molecule has 0 unspecified atom stereocenters. The Bertz CT molecular complexity index is 777. The van der Waals surface area contributed by atoms with Crippen molar-refractivity contribution in [2.75, 3.05) is 0 Å². The molecule has 1 aliphatic carbocycles. The number of fused-ring (bicyclic) bond motifs is 2. The number of hydrogen-bond donors (Lipinski definition) is 1. The maximum atomic E-state index is 5.90. The van der Waals surface area contributed by atoms with E-state index < -0.39 is 0 Å². The molecule has 0 amide bonds. The SMILES string of the molecule is NCc1cc2c(nc1Sc1nc3ccccc3s1)CCC2. The molecule has 0 saturated heterocycles. The Balaban J connectivity index is 1.73. The second-order valence-corrected chi connectivity index (χ2v) is 7.43. The average molecular weight is 313 g/mol. The van der Waals surface area contributed by atoms with Crippen LogP contribution in [0.15, 0.2) is 39.7 Å². The second-order valence-electron chi connectivity index (χ2n) is 5.17. The number of aryl methyl sites for hydroxylation is 2. The van der Waals surface area contributed by atoms with Gasteiger partial charge in [-0.1, -0.05) is 18.2 Å². The van der Waals surface area contributed by atoms with Gasteiger partial charge in [0.05, 0.1) is 10.2 Å². The topological polar surface area (TPSA) is 51.8 Å². The van der Waals surface area contributed by atoms with Gasteiger partial charge in [-0.05, 0) is 54.3 Å². The van der Waals surface area contributed by atoms with Gasteiger partial charge in [-0.25, -0.2) is 9.97 Å². The summed E-state index contributed by atoms with van der Waals surface area (Å²) in [5.41, 5.74) is 10.7. The minimum Gasteiger partial charge on any atom is -0.326 e. The fourth-order valence-corrected chi connectivity index (χ4v) is 4.82. The van der Waals surface area contributed by atoms with E-state index in [1.165, 1.54) is 22.4 Å². The van der Waals surface area contributed by atoms with Gasteiger partial charge in [-0.2, -0.15) is 0 Å². The highest BCUT2D eigenvalue weighted by molar-refractivity contribution is 8.01. The number of benzene rings is 1. The Morgan fingerprint density at radius 1 is 1.19 bits per heavy atom. The summed E-state index contributed by atoms with van der Waals surface area (Å²) in [4.78, 5) is 9.52. The van der Waals surface area contributed by atoms with Crippen molar-refractivity contribution in [3.8, 4) is 0 Å². The van der Waals surface area contributed by atoms with Crippen LogP contribution in [0.25, 0.3) is 10.2 Å². The highest BCUT2D eigenvalue weighted by Crippen LogP contribution is 2.36. The quantitative estimate of drug-likeness (QED) is 0.799. The lowest BCUT2D eigenvalue weighted by Gasteiger charge is -2.08. The Labute approximate surface area is 131 Å². The average Bonchev–Trinajstić information content (AvgIpc) is 3.11. The molecule has 106 valence electrons. The van der Waals surface area contributed by atoms with Crippen LogP contribution in [0.5, 0.6) is 0 Å². The number of para-hydroxylation sites is 1. The van der Waals surface area contributed by atoms with Crippen LogP contribution < -0.4 is 5.73 Å². The third kappa shape index (κ3) is 2.46. The molecule has 4 rings (SSSR count). The number of thiazole rings is 1. The van der Waals surface area contributed by atoms with Crippen molar-refractivity contribution in [3.05, 3.63) is 47.2 Å². The molecule has 1 aromatic carbocycles. The summed E-state index contributed by atoms with van der Waals surface area (Å²) < 4.78 is 2.26. The van der Waals surface area contributed by atoms with Gasteiger partial charge in [0.1, 0.15) is 5.03 Å². The van der Waals surface area contributed by atoms with Crippen molar-refractivity contribution in [1.82, 2.24) is 9.97 Å². The molecule has 2 heterocycles. The molecular formula is C16H15N3S2.